The van der Waals surface area contributed by atoms with E-state index in [0.29, 0.717) is 24.5 Å². The number of piperidine rings is 1. The monoisotopic (exact) mass is 410 g/mol. The van der Waals surface area contributed by atoms with E-state index in [4.69, 9.17) is 11.6 Å². The van der Waals surface area contributed by atoms with Gasteiger partial charge in [-0.05, 0) is 69.2 Å². The number of nitrogens with zero attached hydrogens (tertiary/aromatic N) is 1. The minimum atomic E-state index is -3.72. The molecule has 1 N–H and O–H groups in total. The topological polar surface area (TPSA) is 66.5 Å². The number of amides is 1. The van der Waals surface area contributed by atoms with E-state index in [1.807, 2.05) is 0 Å². The van der Waals surface area contributed by atoms with E-state index in [-0.39, 0.29) is 10.8 Å². The van der Waals surface area contributed by atoms with Crippen molar-refractivity contribution in [1.29, 1.82) is 0 Å². The molecule has 7 heteroatoms. The molecule has 1 heterocycles. The first-order valence-electron chi connectivity index (χ1n) is 9.71. The van der Waals surface area contributed by atoms with Crippen LogP contribution < -0.4 is 5.32 Å². The number of carbonyl (C=O) groups is 1. The highest BCUT2D eigenvalue weighted by Gasteiger charge is 2.37. The van der Waals surface area contributed by atoms with Gasteiger partial charge >= 0.3 is 0 Å². The summed E-state index contributed by atoms with van der Waals surface area (Å²) >= 11 is 5.87. The van der Waals surface area contributed by atoms with Crippen LogP contribution in [0.3, 0.4) is 0 Å². The molecule has 1 amide bonds. The number of allylic oxidation sites excluding steroid dienone is 1. The zero-order valence-corrected chi connectivity index (χ0v) is 17.1. The lowest BCUT2D eigenvalue weighted by molar-refractivity contribution is -0.125. The van der Waals surface area contributed by atoms with Gasteiger partial charge in [0, 0.05) is 18.1 Å². The second-order valence-electron chi connectivity index (χ2n) is 7.23. The van der Waals surface area contributed by atoms with Gasteiger partial charge in [0.25, 0.3) is 0 Å². The van der Waals surface area contributed by atoms with Crippen molar-refractivity contribution >= 4 is 27.5 Å². The van der Waals surface area contributed by atoms with E-state index in [2.05, 4.69) is 11.4 Å². The molecule has 1 aliphatic carbocycles. The Hall–Kier alpha value is -1.37. The fourth-order valence-corrected chi connectivity index (χ4v) is 5.57. The van der Waals surface area contributed by atoms with Crippen molar-refractivity contribution in [3.05, 3.63) is 40.9 Å². The van der Waals surface area contributed by atoms with Crippen LogP contribution in [0.4, 0.5) is 0 Å². The second-order valence-corrected chi connectivity index (χ2v) is 9.56. The van der Waals surface area contributed by atoms with Crippen molar-refractivity contribution in [3.63, 3.8) is 0 Å². The first-order chi connectivity index (χ1) is 13.0. The van der Waals surface area contributed by atoms with Crippen molar-refractivity contribution in [3.8, 4) is 0 Å². The average Bonchev–Trinajstić information content (AvgIpc) is 2.69. The molecule has 1 atom stereocenters. The number of benzene rings is 1. The third-order valence-corrected chi connectivity index (χ3v) is 7.48. The van der Waals surface area contributed by atoms with Crippen molar-refractivity contribution in [1.82, 2.24) is 9.62 Å². The van der Waals surface area contributed by atoms with Crippen LogP contribution in [0.5, 0.6) is 0 Å². The van der Waals surface area contributed by atoms with Gasteiger partial charge in [0.2, 0.25) is 15.9 Å². The molecule has 1 aromatic rings. The molecule has 27 heavy (non-hydrogen) atoms. The van der Waals surface area contributed by atoms with Crippen molar-refractivity contribution in [2.45, 2.75) is 62.3 Å². The zero-order chi connectivity index (χ0) is 19.3. The summed E-state index contributed by atoms with van der Waals surface area (Å²) in [7, 11) is -3.72. The lowest BCUT2D eigenvalue weighted by Crippen LogP contribution is -2.51. The summed E-state index contributed by atoms with van der Waals surface area (Å²) in [5.41, 5.74) is 1.40. The number of sulfonamides is 1. The molecular weight excluding hydrogens is 384 g/mol. The molecule has 1 aliphatic heterocycles. The number of nitrogens with one attached hydrogen (secondary N) is 1. The Morgan fingerprint density at radius 2 is 1.93 bits per heavy atom. The summed E-state index contributed by atoms with van der Waals surface area (Å²) < 4.78 is 27.4. The molecule has 0 saturated carbocycles. The third kappa shape index (κ3) is 5.12. The highest BCUT2D eigenvalue weighted by Crippen LogP contribution is 2.26. The number of rotatable bonds is 6. The highest BCUT2D eigenvalue weighted by molar-refractivity contribution is 7.89. The Bertz CT molecular complexity index is 790. The van der Waals surface area contributed by atoms with Crippen LogP contribution in [-0.2, 0) is 14.8 Å². The standard InChI is InChI=1S/C20H27ClN2O3S/c21-17-9-11-18(12-10-17)27(25,26)23-15-5-4-8-19(23)20(24)22-14-13-16-6-2-1-3-7-16/h6,9-12,19H,1-5,7-8,13-15H2,(H,22,24). The van der Waals surface area contributed by atoms with Crippen molar-refractivity contribution in [2.24, 2.45) is 0 Å². The van der Waals surface area contributed by atoms with Crippen molar-refractivity contribution in [2.75, 3.05) is 13.1 Å². The zero-order valence-electron chi connectivity index (χ0n) is 15.5. The first kappa shape index (κ1) is 20.4. The van der Waals surface area contributed by atoms with E-state index >= 15 is 0 Å². The Balaban J connectivity index is 1.66. The number of carbonyl (C=O) groups excluding carboxylic acids is 1. The van der Waals surface area contributed by atoms with Gasteiger partial charge in [-0.15, -0.1) is 0 Å². The average molecular weight is 411 g/mol. The van der Waals surface area contributed by atoms with Crippen LogP contribution in [0.25, 0.3) is 0 Å². The van der Waals surface area contributed by atoms with Gasteiger partial charge in [0.1, 0.15) is 6.04 Å². The fraction of sp³-hybridized carbons (Fsp3) is 0.550. The second kappa shape index (κ2) is 9.22. The predicted molar refractivity (Wildman–Crippen MR) is 107 cm³/mol. The van der Waals surface area contributed by atoms with Gasteiger partial charge in [-0.25, -0.2) is 8.42 Å². The van der Waals surface area contributed by atoms with Crippen LogP contribution in [0.2, 0.25) is 5.02 Å². The van der Waals surface area contributed by atoms with E-state index in [0.717, 1.165) is 32.1 Å². The molecule has 0 aromatic heterocycles. The maximum atomic E-state index is 13.0. The molecule has 1 unspecified atom stereocenters. The van der Waals surface area contributed by atoms with E-state index in [1.165, 1.54) is 34.9 Å². The normalized spacial score (nSPS) is 21.5. The van der Waals surface area contributed by atoms with E-state index < -0.39 is 16.1 Å². The SMILES string of the molecule is O=C(NCCC1=CCCCC1)C1CCCCN1S(=O)(=O)c1ccc(Cl)cc1. The molecule has 0 bridgehead atoms. The molecule has 2 aliphatic rings. The van der Waals surface area contributed by atoms with Gasteiger partial charge in [-0.2, -0.15) is 4.31 Å². The minimum absolute atomic E-state index is 0.180. The molecule has 1 aromatic carbocycles. The predicted octanol–water partition coefficient (Wildman–Crippen LogP) is 3.89. The molecule has 148 valence electrons. The highest BCUT2D eigenvalue weighted by atomic mass is 35.5. The maximum absolute atomic E-state index is 13.0. The van der Waals surface area contributed by atoms with Gasteiger partial charge < -0.3 is 5.32 Å². The van der Waals surface area contributed by atoms with Crippen LogP contribution in [-0.4, -0.2) is 37.8 Å². The summed E-state index contributed by atoms with van der Waals surface area (Å²) in [6.45, 7) is 0.935. The Morgan fingerprint density at radius 1 is 1.15 bits per heavy atom. The van der Waals surface area contributed by atoms with Crippen LogP contribution in [0.15, 0.2) is 40.8 Å². The van der Waals surface area contributed by atoms with E-state index in [9.17, 15) is 13.2 Å². The molecule has 1 fully saturated rings. The van der Waals surface area contributed by atoms with Gasteiger partial charge in [0.15, 0.2) is 0 Å². The molecule has 0 radical (unpaired) electrons. The molecule has 5 nitrogen and oxygen atoms in total. The summed E-state index contributed by atoms with van der Waals surface area (Å²) in [4.78, 5) is 12.9. The molecule has 0 spiro atoms. The number of hydrogen-bond acceptors (Lipinski definition) is 3. The third-order valence-electron chi connectivity index (χ3n) is 5.31. The van der Waals surface area contributed by atoms with Gasteiger partial charge in [0.05, 0.1) is 4.90 Å². The summed E-state index contributed by atoms with van der Waals surface area (Å²) in [6.07, 6.45) is 10.00. The largest absolute Gasteiger partial charge is 0.354 e. The Labute approximate surface area is 166 Å². The minimum Gasteiger partial charge on any atom is -0.354 e. The van der Waals surface area contributed by atoms with Crippen LogP contribution in [0.1, 0.15) is 51.4 Å². The van der Waals surface area contributed by atoms with Gasteiger partial charge in [-0.3, -0.25) is 4.79 Å². The van der Waals surface area contributed by atoms with E-state index in [1.54, 1.807) is 12.1 Å². The first-order valence-corrected chi connectivity index (χ1v) is 11.5. The van der Waals surface area contributed by atoms with Crippen LogP contribution >= 0.6 is 11.6 Å². The lowest BCUT2D eigenvalue weighted by Gasteiger charge is -2.33. The maximum Gasteiger partial charge on any atom is 0.243 e. The molecule has 1 saturated heterocycles. The quantitative estimate of drug-likeness (QED) is 0.723. The number of hydrogen-bond donors (Lipinski definition) is 1. The summed E-state index contributed by atoms with van der Waals surface area (Å²) in [5, 5.41) is 3.44. The smallest absolute Gasteiger partial charge is 0.243 e. The van der Waals surface area contributed by atoms with Crippen LogP contribution in [0, 0.1) is 0 Å². The number of halogens is 1. The molecular formula is C20H27ClN2O3S. The lowest BCUT2D eigenvalue weighted by atomic mass is 9.97. The van der Waals surface area contributed by atoms with Gasteiger partial charge in [-0.1, -0.05) is 29.7 Å². The Kier molecular flexibility index (Phi) is 6.95. The van der Waals surface area contributed by atoms with Crippen molar-refractivity contribution < 1.29 is 13.2 Å². The Morgan fingerprint density at radius 3 is 2.63 bits per heavy atom. The summed E-state index contributed by atoms with van der Waals surface area (Å²) in [6, 6.07) is 5.48. The summed E-state index contributed by atoms with van der Waals surface area (Å²) in [5.74, 6) is -0.191. The fourth-order valence-electron chi connectivity index (χ4n) is 3.79. The molecule has 3 rings (SSSR count).